The predicted octanol–water partition coefficient (Wildman–Crippen LogP) is 3.61. The van der Waals surface area contributed by atoms with Crippen LogP contribution >= 0.6 is 31.9 Å². The van der Waals surface area contributed by atoms with E-state index < -0.39 is 6.10 Å². The molecule has 0 saturated carbocycles. The molecule has 1 unspecified atom stereocenters. The number of hydrogen-bond donors (Lipinski definition) is 2. The lowest BCUT2D eigenvalue weighted by Crippen LogP contribution is -2.36. The Morgan fingerprint density at radius 2 is 1.90 bits per heavy atom. The van der Waals surface area contributed by atoms with Crippen molar-refractivity contribution in [2.45, 2.75) is 39.8 Å². The van der Waals surface area contributed by atoms with E-state index in [4.69, 9.17) is 4.74 Å². The average molecular weight is 422 g/mol. The van der Waals surface area contributed by atoms with Crippen LogP contribution in [0.1, 0.15) is 32.8 Å². The largest absolute Gasteiger partial charge is 0.479 e. The van der Waals surface area contributed by atoms with Gasteiger partial charge in [0, 0.05) is 13.1 Å². The molecule has 1 aromatic carbocycles. The Hall–Kier alpha value is -0.590. The van der Waals surface area contributed by atoms with Crippen LogP contribution in [0.3, 0.4) is 0 Å². The van der Waals surface area contributed by atoms with Gasteiger partial charge in [0.1, 0.15) is 5.75 Å². The molecule has 1 amide bonds. The molecule has 0 radical (unpaired) electrons. The van der Waals surface area contributed by atoms with E-state index in [9.17, 15) is 4.79 Å². The van der Waals surface area contributed by atoms with Gasteiger partial charge in [0.05, 0.1) is 8.95 Å². The van der Waals surface area contributed by atoms with Crippen LogP contribution in [0.4, 0.5) is 0 Å². The Morgan fingerprint density at radius 3 is 2.43 bits per heavy atom. The van der Waals surface area contributed by atoms with Gasteiger partial charge in [-0.2, -0.15) is 0 Å². The number of amides is 1. The summed E-state index contributed by atoms with van der Waals surface area (Å²) < 4.78 is 7.41. The molecule has 0 aliphatic carbocycles. The molecule has 0 fully saturated rings. The third-order valence-electron chi connectivity index (χ3n) is 2.83. The monoisotopic (exact) mass is 420 g/mol. The Balaban J connectivity index is 2.77. The number of rotatable bonds is 8. The first-order valence-electron chi connectivity index (χ1n) is 7.12. The zero-order valence-electron chi connectivity index (χ0n) is 12.6. The molecule has 6 heteroatoms. The molecule has 0 bridgehead atoms. The van der Waals surface area contributed by atoms with Crippen LogP contribution in [0.15, 0.2) is 21.1 Å². The summed E-state index contributed by atoms with van der Waals surface area (Å²) in [5, 5.41) is 6.10. The van der Waals surface area contributed by atoms with Gasteiger partial charge in [-0.15, -0.1) is 0 Å². The van der Waals surface area contributed by atoms with Gasteiger partial charge in [-0.1, -0.05) is 6.92 Å². The van der Waals surface area contributed by atoms with Crippen molar-refractivity contribution in [2.24, 2.45) is 0 Å². The lowest BCUT2D eigenvalue weighted by atomic mass is 10.2. The minimum absolute atomic E-state index is 0.120. The van der Waals surface area contributed by atoms with Crippen molar-refractivity contribution >= 4 is 37.8 Å². The summed E-state index contributed by atoms with van der Waals surface area (Å²) in [5.74, 6) is 0.526. The van der Waals surface area contributed by atoms with Gasteiger partial charge in [-0.3, -0.25) is 4.79 Å². The standard InChI is InChI=1S/C15H22Br2N2O2/c1-4-6-18-9-11-7-12(16)14(13(17)8-11)21-10(3)15(20)19-5-2/h7-8,10,18H,4-6,9H2,1-3H3,(H,19,20). The first kappa shape index (κ1) is 18.5. The van der Waals surface area contributed by atoms with Gasteiger partial charge in [0.25, 0.3) is 5.91 Å². The maximum atomic E-state index is 11.7. The van der Waals surface area contributed by atoms with E-state index in [-0.39, 0.29) is 5.91 Å². The zero-order valence-corrected chi connectivity index (χ0v) is 15.8. The molecule has 1 rings (SSSR count). The topological polar surface area (TPSA) is 50.4 Å². The molecule has 118 valence electrons. The highest BCUT2D eigenvalue weighted by Crippen LogP contribution is 2.35. The summed E-state index contributed by atoms with van der Waals surface area (Å²) in [7, 11) is 0. The molecule has 21 heavy (non-hydrogen) atoms. The number of carbonyl (C=O) groups is 1. The van der Waals surface area contributed by atoms with Gasteiger partial charge in [-0.05, 0) is 76.4 Å². The fraction of sp³-hybridized carbons (Fsp3) is 0.533. The van der Waals surface area contributed by atoms with Crippen LogP contribution in [0.25, 0.3) is 0 Å². The molecule has 2 N–H and O–H groups in total. The Kier molecular flexibility index (Phi) is 8.29. The molecule has 4 nitrogen and oxygen atoms in total. The van der Waals surface area contributed by atoms with Gasteiger partial charge >= 0.3 is 0 Å². The second-order valence-electron chi connectivity index (χ2n) is 4.72. The minimum Gasteiger partial charge on any atom is -0.479 e. The minimum atomic E-state index is -0.540. The lowest BCUT2D eigenvalue weighted by Gasteiger charge is -2.17. The fourth-order valence-corrected chi connectivity index (χ4v) is 3.25. The molecule has 0 aromatic heterocycles. The molecule has 0 aliphatic rings. The second kappa shape index (κ2) is 9.43. The third-order valence-corrected chi connectivity index (χ3v) is 4.01. The van der Waals surface area contributed by atoms with Gasteiger partial charge in [0.15, 0.2) is 6.10 Å². The highest BCUT2D eigenvalue weighted by atomic mass is 79.9. The Bertz CT molecular complexity index is 458. The van der Waals surface area contributed by atoms with Crippen LogP contribution in [0.5, 0.6) is 5.75 Å². The third kappa shape index (κ3) is 5.96. The van der Waals surface area contributed by atoms with Crippen LogP contribution in [-0.4, -0.2) is 25.1 Å². The van der Waals surface area contributed by atoms with Crippen molar-refractivity contribution in [1.29, 1.82) is 0 Å². The number of ether oxygens (including phenoxy) is 1. The average Bonchev–Trinajstić information content (AvgIpc) is 2.43. The van der Waals surface area contributed by atoms with Crippen LogP contribution in [0.2, 0.25) is 0 Å². The molecular formula is C15H22Br2N2O2. The summed E-state index contributed by atoms with van der Waals surface area (Å²) in [6, 6.07) is 4.01. The predicted molar refractivity (Wildman–Crippen MR) is 92.6 cm³/mol. The maximum Gasteiger partial charge on any atom is 0.260 e. The van der Waals surface area contributed by atoms with Crippen LogP contribution in [-0.2, 0) is 11.3 Å². The smallest absolute Gasteiger partial charge is 0.260 e. The summed E-state index contributed by atoms with van der Waals surface area (Å²) in [4.78, 5) is 11.7. The number of hydrogen-bond acceptors (Lipinski definition) is 3. The summed E-state index contributed by atoms with van der Waals surface area (Å²) >= 11 is 7.02. The first-order chi connectivity index (χ1) is 9.99. The molecule has 0 spiro atoms. The Labute approximate surface area is 143 Å². The lowest BCUT2D eigenvalue weighted by molar-refractivity contribution is -0.127. The SMILES string of the molecule is CCCNCc1cc(Br)c(OC(C)C(=O)NCC)c(Br)c1. The van der Waals surface area contributed by atoms with Crippen molar-refractivity contribution in [2.75, 3.05) is 13.1 Å². The van der Waals surface area contributed by atoms with Crippen LogP contribution in [0, 0.1) is 0 Å². The van der Waals surface area contributed by atoms with E-state index in [0.29, 0.717) is 12.3 Å². The number of nitrogens with one attached hydrogen (secondary N) is 2. The zero-order chi connectivity index (χ0) is 15.8. The molecular weight excluding hydrogens is 400 g/mol. The van der Waals surface area contributed by atoms with E-state index in [0.717, 1.165) is 34.0 Å². The Morgan fingerprint density at radius 1 is 1.29 bits per heavy atom. The first-order valence-corrected chi connectivity index (χ1v) is 8.71. The highest BCUT2D eigenvalue weighted by molar-refractivity contribution is 9.11. The normalized spacial score (nSPS) is 12.0. The summed E-state index contributed by atoms with van der Waals surface area (Å²) in [5.41, 5.74) is 1.15. The van der Waals surface area contributed by atoms with E-state index in [1.807, 2.05) is 19.1 Å². The van der Waals surface area contributed by atoms with E-state index >= 15 is 0 Å². The van der Waals surface area contributed by atoms with Crippen molar-refractivity contribution in [3.05, 3.63) is 26.6 Å². The van der Waals surface area contributed by atoms with Crippen molar-refractivity contribution in [3.63, 3.8) is 0 Å². The molecule has 0 heterocycles. The van der Waals surface area contributed by atoms with Gasteiger partial charge < -0.3 is 15.4 Å². The quantitative estimate of drug-likeness (QED) is 0.630. The van der Waals surface area contributed by atoms with Crippen LogP contribution < -0.4 is 15.4 Å². The second-order valence-corrected chi connectivity index (χ2v) is 6.43. The van der Waals surface area contributed by atoms with Crippen molar-refractivity contribution in [1.82, 2.24) is 10.6 Å². The molecule has 1 atom stereocenters. The molecule has 0 saturated heterocycles. The van der Waals surface area contributed by atoms with Crippen molar-refractivity contribution in [3.8, 4) is 5.75 Å². The van der Waals surface area contributed by atoms with Gasteiger partial charge in [0.2, 0.25) is 0 Å². The number of benzene rings is 1. The van der Waals surface area contributed by atoms with E-state index in [1.165, 1.54) is 0 Å². The molecule has 0 aliphatic heterocycles. The summed E-state index contributed by atoms with van der Waals surface area (Å²) in [6.45, 7) is 8.14. The fourth-order valence-electron chi connectivity index (χ4n) is 1.78. The van der Waals surface area contributed by atoms with Crippen molar-refractivity contribution < 1.29 is 9.53 Å². The number of likely N-dealkylation sites (N-methyl/N-ethyl adjacent to an activating group) is 1. The van der Waals surface area contributed by atoms with Gasteiger partial charge in [-0.25, -0.2) is 0 Å². The number of carbonyl (C=O) groups excluding carboxylic acids is 1. The maximum absolute atomic E-state index is 11.7. The number of halogens is 2. The van der Waals surface area contributed by atoms with E-state index in [2.05, 4.69) is 49.4 Å². The summed E-state index contributed by atoms with van der Waals surface area (Å²) in [6.07, 6.45) is 0.565. The molecule has 1 aromatic rings. The highest BCUT2D eigenvalue weighted by Gasteiger charge is 2.17. The van der Waals surface area contributed by atoms with E-state index in [1.54, 1.807) is 6.92 Å².